The fourth-order valence-electron chi connectivity index (χ4n) is 2.40. The van der Waals surface area contributed by atoms with E-state index in [0.717, 1.165) is 16.5 Å². The summed E-state index contributed by atoms with van der Waals surface area (Å²) in [5.41, 5.74) is 2.31. The van der Waals surface area contributed by atoms with E-state index in [1.807, 2.05) is 30.3 Å². The Morgan fingerprint density at radius 1 is 1.00 bits per heavy atom. The molecule has 3 rings (SSSR count). The van der Waals surface area contributed by atoms with Gasteiger partial charge in [-0.1, -0.05) is 18.2 Å². The van der Waals surface area contributed by atoms with Crippen molar-refractivity contribution in [3.63, 3.8) is 0 Å². The van der Waals surface area contributed by atoms with Crippen LogP contribution in [0, 0.1) is 0 Å². The van der Waals surface area contributed by atoms with Gasteiger partial charge in [0.25, 0.3) is 0 Å². The minimum Gasteiger partial charge on any atom is -0.497 e. The third-order valence-electron chi connectivity index (χ3n) is 3.67. The molecular formula is C20H17NO3. The number of hydrogen-bond donors (Lipinski definition) is 0. The van der Waals surface area contributed by atoms with Crippen molar-refractivity contribution in [3.8, 4) is 11.5 Å². The van der Waals surface area contributed by atoms with Crippen molar-refractivity contribution in [2.45, 2.75) is 0 Å². The highest BCUT2D eigenvalue weighted by Crippen LogP contribution is 2.23. The second kappa shape index (κ2) is 6.96. The van der Waals surface area contributed by atoms with E-state index in [2.05, 4.69) is 4.98 Å². The Bertz CT molecular complexity index is 893. The molecule has 0 atom stereocenters. The van der Waals surface area contributed by atoms with E-state index in [0.29, 0.717) is 17.1 Å². The Morgan fingerprint density at radius 3 is 2.42 bits per heavy atom. The number of nitrogens with zero attached hydrogens (tertiary/aromatic N) is 1. The molecule has 24 heavy (non-hydrogen) atoms. The molecule has 120 valence electrons. The van der Waals surface area contributed by atoms with E-state index in [-0.39, 0.29) is 5.78 Å². The quantitative estimate of drug-likeness (QED) is 0.523. The highest BCUT2D eigenvalue weighted by molar-refractivity contribution is 6.07. The number of carbonyl (C=O) groups excluding carboxylic acids is 1. The molecule has 0 radical (unpaired) electrons. The molecule has 0 bridgehead atoms. The van der Waals surface area contributed by atoms with Gasteiger partial charge >= 0.3 is 0 Å². The van der Waals surface area contributed by atoms with Gasteiger partial charge in [-0.3, -0.25) is 9.78 Å². The van der Waals surface area contributed by atoms with Gasteiger partial charge in [0.1, 0.15) is 11.5 Å². The van der Waals surface area contributed by atoms with E-state index in [9.17, 15) is 4.79 Å². The summed E-state index contributed by atoms with van der Waals surface area (Å²) in [6.07, 6.45) is 5.03. The predicted molar refractivity (Wildman–Crippen MR) is 94.7 cm³/mol. The highest BCUT2D eigenvalue weighted by atomic mass is 16.5. The maximum absolute atomic E-state index is 12.4. The first-order valence-electron chi connectivity index (χ1n) is 7.50. The van der Waals surface area contributed by atoms with Gasteiger partial charge < -0.3 is 9.47 Å². The predicted octanol–water partition coefficient (Wildman–Crippen LogP) is 4.15. The zero-order valence-corrected chi connectivity index (χ0v) is 13.5. The van der Waals surface area contributed by atoms with Gasteiger partial charge in [-0.05, 0) is 42.0 Å². The van der Waals surface area contributed by atoms with E-state index < -0.39 is 0 Å². The van der Waals surface area contributed by atoms with Crippen molar-refractivity contribution < 1.29 is 14.3 Å². The number of fused-ring (bicyclic) bond motifs is 1. The zero-order valence-electron chi connectivity index (χ0n) is 13.5. The Hall–Kier alpha value is -3.14. The lowest BCUT2D eigenvalue weighted by molar-refractivity contribution is 0.104. The van der Waals surface area contributed by atoms with Crippen LogP contribution in [0.2, 0.25) is 0 Å². The van der Waals surface area contributed by atoms with Crippen molar-refractivity contribution in [3.05, 3.63) is 71.9 Å². The molecule has 0 aliphatic heterocycles. The molecular weight excluding hydrogens is 302 g/mol. The average Bonchev–Trinajstić information content (AvgIpc) is 2.65. The van der Waals surface area contributed by atoms with Gasteiger partial charge in [0, 0.05) is 23.2 Å². The first kappa shape index (κ1) is 15.7. The number of rotatable bonds is 5. The van der Waals surface area contributed by atoms with Crippen LogP contribution in [-0.2, 0) is 0 Å². The van der Waals surface area contributed by atoms with Crippen molar-refractivity contribution in [1.82, 2.24) is 4.98 Å². The number of ether oxygens (including phenoxy) is 2. The van der Waals surface area contributed by atoms with Crippen molar-refractivity contribution >= 4 is 22.8 Å². The minimum absolute atomic E-state index is 0.125. The molecule has 0 aliphatic carbocycles. The number of ketones is 1. The van der Waals surface area contributed by atoms with E-state index in [1.165, 1.54) is 6.08 Å². The standard InChI is InChI=1S/C20H17NO3/c1-23-17-10-16(11-18(12-17)24-2)20(22)8-7-14-9-15-5-3-4-6-19(15)21-13-14/h3-13H,1-2H3. The SMILES string of the molecule is COc1cc(OC)cc(C(=O)C=Cc2cnc3ccccc3c2)c1. The van der Waals surface area contributed by atoms with Crippen LogP contribution < -0.4 is 9.47 Å². The summed E-state index contributed by atoms with van der Waals surface area (Å²) in [7, 11) is 3.11. The molecule has 1 heterocycles. The van der Waals surface area contributed by atoms with Crippen LogP contribution in [-0.4, -0.2) is 25.0 Å². The normalized spacial score (nSPS) is 10.9. The van der Waals surface area contributed by atoms with Gasteiger partial charge in [-0.15, -0.1) is 0 Å². The Labute approximate surface area is 140 Å². The molecule has 1 aromatic heterocycles. The van der Waals surface area contributed by atoms with Gasteiger partial charge in [0.2, 0.25) is 0 Å². The summed E-state index contributed by atoms with van der Waals surface area (Å²) in [5, 5.41) is 1.04. The fourth-order valence-corrected chi connectivity index (χ4v) is 2.40. The second-order valence-corrected chi connectivity index (χ2v) is 5.26. The number of allylic oxidation sites excluding steroid dienone is 1. The first-order chi connectivity index (χ1) is 11.7. The third-order valence-corrected chi connectivity index (χ3v) is 3.67. The molecule has 3 aromatic rings. The fraction of sp³-hybridized carbons (Fsp3) is 0.100. The molecule has 0 amide bonds. The van der Waals surface area contributed by atoms with Crippen molar-refractivity contribution in [2.24, 2.45) is 0 Å². The van der Waals surface area contributed by atoms with Crippen molar-refractivity contribution in [1.29, 1.82) is 0 Å². The van der Waals surface area contributed by atoms with Crippen LogP contribution in [0.15, 0.2) is 60.8 Å². The van der Waals surface area contributed by atoms with Crippen LogP contribution in [0.3, 0.4) is 0 Å². The maximum atomic E-state index is 12.4. The number of para-hydroxylation sites is 1. The molecule has 0 saturated heterocycles. The summed E-state index contributed by atoms with van der Waals surface area (Å²) >= 11 is 0. The summed E-state index contributed by atoms with van der Waals surface area (Å²) in [6, 6.07) is 15.0. The van der Waals surface area contributed by atoms with Crippen molar-refractivity contribution in [2.75, 3.05) is 14.2 Å². The van der Waals surface area contributed by atoms with E-state index >= 15 is 0 Å². The average molecular weight is 319 g/mol. The first-order valence-corrected chi connectivity index (χ1v) is 7.50. The second-order valence-electron chi connectivity index (χ2n) is 5.26. The Kier molecular flexibility index (Phi) is 4.57. The van der Waals surface area contributed by atoms with Gasteiger partial charge in [-0.25, -0.2) is 0 Å². The van der Waals surface area contributed by atoms with Crippen LogP contribution in [0.25, 0.3) is 17.0 Å². The number of benzene rings is 2. The zero-order chi connectivity index (χ0) is 16.9. The lowest BCUT2D eigenvalue weighted by Gasteiger charge is -2.06. The molecule has 4 nitrogen and oxygen atoms in total. The number of aromatic nitrogens is 1. The maximum Gasteiger partial charge on any atom is 0.186 e. The van der Waals surface area contributed by atoms with Crippen LogP contribution >= 0.6 is 0 Å². The molecule has 4 heteroatoms. The van der Waals surface area contributed by atoms with Gasteiger partial charge in [-0.2, -0.15) is 0 Å². The van der Waals surface area contributed by atoms with Crippen LogP contribution in [0.4, 0.5) is 0 Å². The highest BCUT2D eigenvalue weighted by Gasteiger charge is 2.07. The summed E-state index contributed by atoms with van der Waals surface area (Å²) < 4.78 is 10.4. The molecule has 0 fully saturated rings. The van der Waals surface area contributed by atoms with Crippen LogP contribution in [0.5, 0.6) is 11.5 Å². The molecule has 2 aromatic carbocycles. The topological polar surface area (TPSA) is 48.4 Å². The van der Waals surface area contributed by atoms with Gasteiger partial charge in [0.15, 0.2) is 5.78 Å². The lowest BCUT2D eigenvalue weighted by atomic mass is 10.1. The summed E-state index contributed by atoms with van der Waals surface area (Å²) in [5.74, 6) is 1.04. The molecule has 0 unspecified atom stereocenters. The van der Waals surface area contributed by atoms with E-state index in [1.54, 1.807) is 44.7 Å². The van der Waals surface area contributed by atoms with Gasteiger partial charge in [0.05, 0.1) is 19.7 Å². The summed E-state index contributed by atoms with van der Waals surface area (Å²) in [6.45, 7) is 0. The number of hydrogen-bond acceptors (Lipinski definition) is 4. The number of pyridine rings is 1. The number of methoxy groups -OCH3 is 2. The largest absolute Gasteiger partial charge is 0.497 e. The van der Waals surface area contributed by atoms with E-state index in [4.69, 9.17) is 9.47 Å². The number of carbonyl (C=O) groups is 1. The lowest BCUT2D eigenvalue weighted by Crippen LogP contribution is -1.97. The molecule has 0 saturated carbocycles. The minimum atomic E-state index is -0.125. The Morgan fingerprint density at radius 2 is 1.71 bits per heavy atom. The summed E-state index contributed by atoms with van der Waals surface area (Å²) in [4.78, 5) is 16.8. The van der Waals surface area contributed by atoms with Crippen LogP contribution in [0.1, 0.15) is 15.9 Å². The molecule has 0 aliphatic rings. The molecule has 0 N–H and O–H groups in total. The smallest absolute Gasteiger partial charge is 0.186 e. The monoisotopic (exact) mass is 319 g/mol. The Balaban J connectivity index is 1.86. The molecule has 0 spiro atoms. The third kappa shape index (κ3) is 3.43.